The molecule has 0 aliphatic rings. The maximum atomic E-state index is 12.6. The molecule has 1 aromatic rings. The van der Waals surface area contributed by atoms with Crippen LogP contribution in [-0.2, 0) is 19.6 Å². The number of hydrogen-bond acceptors (Lipinski definition) is 5. The summed E-state index contributed by atoms with van der Waals surface area (Å²) in [7, 11) is -2.55. The summed E-state index contributed by atoms with van der Waals surface area (Å²) in [6, 6.07) is 4.20. The highest BCUT2D eigenvalue weighted by Crippen LogP contribution is 2.23. The lowest BCUT2D eigenvalue weighted by Crippen LogP contribution is -2.41. The molecule has 7 heteroatoms. The highest BCUT2D eigenvalue weighted by atomic mass is 32.2. The SMILES string of the molecule is COC(=O)CN(C(C)C)S(=O)(=O)c1ccc(N)cc1C. The molecule has 0 saturated carbocycles. The zero-order valence-electron chi connectivity index (χ0n) is 12.1. The molecular weight excluding hydrogens is 280 g/mol. The second-order valence-electron chi connectivity index (χ2n) is 4.75. The third-order valence-electron chi connectivity index (χ3n) is 2.87. The van der Waals surface area contributed by atoms with Crippen LogP contribution in [0.15, 0.2) is 23.1 Å². The average Bonchev–Trinajstić information content (AvgIpc) is 2.34. The minimum Gasteiger partial charge on any atom is -0.468 e. The molecule has 0 aliphatic carbocycles. The van der Waals surface area contributed by atoms with E-state index in [0.717, 1.165) is 4.31 Å². The smallest absolute Gasteiger partial charge is 0.321 e. The Morgan fingerprint density at radius 3 is 2.45 bits per heavy atom. The Hall–Kier alpha value is -1.60. The van der Waals surface area contributed by atoms with E-state index in [1.807, 2.05) is 0 Å². The first-order chi connectivity index (χ1) is 9.20. The molecule has 0 radical (unpaired) electrons. The van der Waals surface area contributed by atoms with Crippen molar-refractivity contribution in [2.24, 2.45) is 0 Å². The molecule has 1 aromatic carbocycles. The number of anilines is 1. The van der Waals surface area contributed by atoms with Gasteiger partial charge >= 0.3 is 5.97 Å². The molecule has 0 saturated heterocycles. The second kappa shape index (κ2) is 6.23. The van der Waals surface area contributed by atoms with E-state index in [4.69, 9.17) is 5.73 Å². The van der Waals surface area contributed by atoms with Gasteiger partial charge in [0.2, 0.25) is 10.0 Å². The van der Waals surface area contributed by atoms with E-state index in [1.54, 1.807) is 26.8 Å². The van der Waals surface area contributed by atoms with E-state index in [0.29, 0.717) is 11.3 Å². The largest absolute Gasteiger partial charge is 0.468 e. The number of nitrogens with two attached hydrogens (primary N) is 1. The molecule has 2 N–H and O–H groups in total. The monoisotopic (exact) mass is 300 g/mol. The molecule has 20 heavy (non-hydrogen) atoms. The summed E-state index contributed by atoms with van der Waals surface area (Å²) in [4.78, 5) is 11.5. The normalized spacial score (nSPS) is 11.9. The van der Waals surface area contributed by atoms with Crippen molar-refractivity contribution in [1.29, 1.82) is 0 Å². The lowest BCUT2D eigenvalue weighted by atomic mass is 10.2. The Morgan fingerprint density at radius 1 is 1.40 bits per heavy atom. The Morgan fingerprint density at radius 2 is 2.00 bits per heavy atom. The number of benzene rings is 1. The van der Waals surface area contributed by atoms with E-state index in [9.17, 15) is 13.2 Å². The zero-order valence-corrected chi connectivity index (χ0v) is 12.9. The van der Waals surface area contributed by atoms with Gasteiger partial charge in [0.25, 0.3) is 0 Å². The number of ether oxygens (including phenoxy) is 1. The van der Waals surface area contributed by atoms with Crippen LogP contribution in [0.3, 0.4) is 0 Å². The predicted molar refractivity (Wildman–Crippen MR) is 76.6 cm³/mol. The number of hydrogen-bond donors (Lipinski definition) is 1. The van der Waals surface area contributed by atoms with Crippen LogP contribution < -0.4 is 5.73 Å². The second-order valence-corrected chi connectivity index (χ2v) is 6.60. The first-order valence-electron chi connectivity index (χ1n) is 6.15. The number of sulfonamides is 1. The molecule has 0 atom stereocenters. The number of rotatable bonds is 5. The van der Waals surface area contributed by atoms with Crippen LogP contribution in [-0.4, -0.2) is 38.4 Å². The van der Waals surface area contributed by atoms with E-state index >= 15 is 0 Å². The quantitative estimate of drug-likeness (QED) is 0.651. The van der Waals surface area contributed by atoms with E-state index in [2.05, 4.69) is 4.74 Å². The number of nitrogen functional groups attached to an aromatic ring is 1. The number of nitrogens with zero attached hydrogens (tertiary/aromatic N) is 1. The van der Waals surface area contributed by atoms with Gasteiger partial charge in [0.05, 0.1) is 12.0 Å². The van der Waals surface area contributed by atoms with Crippen molar-refractivity contribution in [3.63, 3.8) is 0 Å². The zero-order chi connectivity index (χ0) is 15.5. The summed E-state index contributed by atoms with van der Waals surface area (Å²) in [5.74, 6) is -0.602. The maximum Gasteiger partial charge on any atom is 0.321 e. The molecule has 0 heterocycles. The molecule has 0 bridgehead atoms. The summed E-state index contributed by atoms with van der Waals surface area (Å²) in [6.07, 6.45) is 0. The minimum absolute atomic E-state index is 0.143. The molecule has 0 aromatic heterocycles. The van der Waals surface area contributed by atoms with Crippen LogP contribution in [0.2, 0.25) is 0 Å². The lowest BCUT2D eigenvalue weighted by molar-refractivity contribution is -0.141. The molecule has 0 amide bonds. The van der Waals surface area contributed by atoms with E-state index in [1.165, 1.54) is 19.2 Å². The number of carbonyl (C=O) groups is 1. The topological polar surface area (TPSA) is 89.7 Å². The van der Waals surface area contributed by atoms with Crippen LogP contribution in [0.5, 0.6) is 0 Å². The Labute approximate surface area is 119 Å². The van der Waals surface area contributed by atoms with Crippen molar-refractivity contribution in [3.8, 4) is 0 Å². The van der Waals surface area contributed by atoms with Gasteiger partial charge < -0.3 is 10.5 Å². The van der Waals surface area contributed by atoms with Gasteiger partial charge in [0.15, 0.2) is 0 Å². The van der Waals surface area contributed by atoms with Crippen molar-refractivity contribution in [3.05, 3.63) is 23.8 Å². The van der Waals surface area contributed by atoms with Crippen LogP contribution >= 0.6 is 0 Å². The fourth-order valence-electron chi connectivity index (χ4n) is 1.83. The molecule has 0 aliphatic heterocycles. The van der Waals surface area contributed by atoms with Gasteiger partial charge in [-0.05, 0) is 44.5 Å². The fraction of sp³-hybridized carbons (Fsp3) is 0.462. The first-order valence-corrected chi connectivity index (χ1v) is 7.59. The summed E-state index contributed by atoms with van der Waals surface area (Å²) < 4.78 is 30.9. The Bertz CT molecular complexity index is 596. The van der Waals surface area contributed by atoms with Crippen molar-refractivity contribution in [2.75, 3.05) is 19.4 Å². The van der Waals surface area contributed by atoms with Crippen LogP contribution in [0.1, 0.15) is 19.4 Å². The summed E-state index contributed by atoms with van der Waals surface area (Å²) in [5, 5.41) is 0. The number of carbonyl (C=O) groups excluding carboxylic acids is 1. The molecule has 0 spiro atoms. The maximum absolute atomic E-state index is 12.6. The number of methoxy groups -OCH3 is 1. The van der Waals surface area contributed by atoms with Gasteiger partial charge in [-0.3, -0.25) is 4.79 Å². The van der Waals surface area contributed by atoms with Crippen molar-refractivity contribution in [2.45, 2.75) is 31.7 Å². The summed E-state index contributed by atoms with van der Waals surface area (Å²) >= 11 is 0. The van der Waals surface area contributed by atoms with Gasteiger partial charge in [-0.15, -0.1) is 0 Å². The van der Waals surface area contributed by atoms with Crippen molar-refractivity contribution < 1.29 is 17.9 Å². The average molecular weight is 300 g/mol. The highest BCUT2D eigenvalue weighted by molar-refractivity contribution is 7.89. The molecule has 6 nitrogen and oxygen atoms in total. The van der Waals surface area contributed by atoms with Crippen molar-refractivity contribution >= 4 is 21.7 Å². The Balaban J connectivity index is 3.26. The standard InChI is InChI=1S/C13H20N2O4S/c1-9(2)15(8-13(16)19-4)20(17,18)12-6-5-11(14)7-10(12)3/h5-7,9H,8,14H2,1-4H3. The van der Waals surface area contributed by atoms with Crippen LogP contribution in [0.4, 0.5) is 5.69 Å². The fourth-order valence-corrected chi connectivity index (χ4v) is 3.61. The predicted octanol–water partition coefficient (Wildman–Crippen LogP) is 1.15. The third kappa shape index (κ3) is 3.49. The van der Waals surface area contributed by atoms with Gasteiger partial charge in [-0.1, -0.05) is 0 Å². The molecule has 0 unspecified atom stereocenters. The first kappa shape index (κ1) is 16.5. The Kier molecular flexibility index (Phi) is 5.13. The number of aryl methyl sites for hydroxylation is 1. The van der Waals surface area contributed by atoms with Gasteiger partial charge in [0.1, 0.15) is 6.54 Å². The van der Waals surface area contributed by atoms with Gasteiger partial charge in [0, 0.05) is 11.7 Å². The van der Waals surface area contributed by atoms with Crippen LogP contribution in [0, 0.1) is 6.92 Å². The minimum atomic E-state index is -3.78. The van der Waals surface area contributed by atoms with Gasteiger partial charge in [-0.2, -0.15) is 4.31 Å². The lowest BCUT2D eigenvalue weighted by Gasteiger charge is -2.25. The summed E-state index contributed by atoms with van der Waals surface area (Å²) in [5.41, 5.74) is 6.66. The number of esters is 1. The molecule has 0 fully saturated rings. The molecular formula is C13H20N2O4S. The molecule has 1 rings (SSSR count). The van der Waals surface area contributed by atoms with E-state index < -0.39 is 16.0 Å². The highest BCUT2D eigenvalue weighted by Gasteiger charge is 2.30. The molecule has 112 valence electrons. The van der Waals surface area contributed by atoms with Crippen molar-refractivity contribution in [1.82, 2.24) is 4.31 Å². The van der Waals surface area contributed by atoms with E-state index in [-0.39, 0.29) is 17.5 Å². The van der Waals surface area contributed by atoms with Crippen LogP contribution in [0.25, 0.3) is 0 Å². The van der Waals surface area contributed by atoms with Gasteiger partial charge in [-0.25, -0.2) is 8.42 Å². The summed E-state index contributed by atoms with van der Waals surface area (Å²) in [6.45, 7) is 4.75. The third-order valence-corrected chi connectivity index (χ3v) is 5.06.